The number of likely N-dealkylation sites (tertiary alicyclic amines) is 1. The Morgan fingerprint density at radius 3 is 2.38 bits per heavy atom. The minimum absolute atomic E-state index is 0.00394. The summed E-state index contributed by atoms with van der Waals surface area (Å²) in [5.41, 5.74) is 3.19. The van der Waals surface area contributed by atoms with Crippen molar-refractivity contribution in [3.63, 3.8) is 0 Å². The molecule has 1 aliphatic rings. The maximum Gasteiger partial charge on any atom is 0.295 e. The van der Waals surface area contributed by atoms with Gasteiger partial charge in [0, 0.05) is 19.2 Å². The first-order valence-corrected chi connectivity index (χ1v) is 12.7. The molecule has 1 saturated heterocycles. The molecule has 0 unspecified atom stereocenters. The van der Waals surface area contributed by atoms with Crippen LogP contribution in [0.25, 0.3) is 5.76 Å². The Hall–Kier alpha value is -4.30. The Labute approximate surface area is 228 Å². The van der Waals surface area contributed by atoms with E-state index < -0.39 is 17.7 Å². The molecule has 8 heteroatoms. The molecular weight excluding hydrogens is 498 g/mol. The van der Waals surface area contributed by atoms with Crippen molar-refractivity contribution in [1.29, 1.82) is 0 Å². The molecule has 0 bridgehead atoms. The molecule has 3 aromatic rings. The molecule has 4 rings (SSSR count). The molecule has 3 aromatic carbocycles. The van der Waals surface area contributed by atoms with E-state index in [0.29, 0.717) is 41.6 Å². The van der Waals surface area contributed by atoms with Crippen LogP contribution in [-0.4, -0.2) is 55.7 Å². The highest BCUT2D eigenvalue weighted by Gasteiger charge is 2.46. The van der Waals surface area contributed by atoms with Gasteiger partial charge < -0.3 is 29.0 Å². The largest absolute Gasteiger partial charge is 0.507 e. The van der Waals surface area contributed by atoms with E-state index in [4.69, 9.17) is 18.9 Å². The Kier molecular flexibility index (Phi) is 8.88. The van der Waals surface area contributed by atoms with E-state index in [2.05, 4.69) is 6.07 Å². The van der Waals surface area contributed by atoms with Crippen LogP contribution in [0.3, 0.4) is 0 Å². The molecule has 204 valence electrons. The molecule has 1 heterocycles. The van der Waals surface area contributed by atoms with Crippen LogP contribution in [0.15, 0.2) is 72.3 Å². The summed E-state index contributed by atoms with van der Waals surface area (Å²) in [6, 6.07) is 19.2. The fourth-order valence-electron chi connectivity index (χ4n) is 4.61. The topological polar surface area (TPSA) is 94.5 Å². The van der Waals surface area contributed by atoms with Gasteiger partial charge in [0.05, 0.1) is 31.9 Å². The number of benzene rings is 3. The molecular formula is C31H33NO7. The number of rotatable bonds is 11. The predicted octanol–water partition coefficient (Wildman–Crippen LogP) is 5.05. The summed E-state index contributed by atoms with van der Waals surface area (Å²) in [5, 5.41) is 11.3. The van der Waals surface area contributed by atoms with Crippen molar-refractivity contribution in [2.75, 3.05) is 34.0 Å². The van der Waals surface area contributed by atoms with Crippen LogP contribution >= 0.6 is 0 Å². The number of aliphatic hydroxyl groups excluding tert-OH is 1. The zero-order valence-corrected chi connectivity index (χ0v) is 22.6. The Bertz CT molecular complexity index is 1360. The molecule has 1 fully saturated rings. The van der Waals surface area contributed by atoms with Gasteiger partial charge in [-0.1, -0.05) is 35.9 Å². The molecule has 0 radical (unpaired) electrons. The molecule has 0 aromatic heterocycles. The van der Waals surface area contributed by atoms with E-state index >= 15 is 0 Å². The summed E-state index contributed by atoms with van der Waals surface area (Å²) in [6.45, 7) is 5.14. The predicted molar refractivity (Wildman–Crippen MR) is 147 cm³/mol. The summed E-state index contributed by atoms with van der Waals surface area (Å²) >= 11 is 0. The molecule has 0 aliphatic carbocycles. The first-order chi connectivity index (χ1) is 18.9. The first kappa shape index (κ1) is 27.7. The molecule has 8 nitrogen and oxygen atoms in total. The minimum Gasteiger partial charge on any atom is -0.507 e. The monoisotopic (exact) mass is 531 g/mol. The molecule has 0 saturated carbocycles. The third-order valence-corrected chi connectivity index (χ3v) is 6.50. The maximum absolute atomic E-state index is 13.2. The highest BCUT2D eigenvalue weighted by molar-refractivity contribution is 6.46. The van der Waals surface area contributed by atoms with E-state index in [9.17, 15) is 14.7 Å². The van der Waals surface area contributed by atoms with Crippen LogP contribution in [0.2, 0.25) is 0 Å². The van der Waals surface area contributed by atoms with Crippen molar-refractivity contribution in [3.8, 4) is 17.2 Å². The third-order valence-electron chi connectivity index (χ3n) is 6.50. The highest BCUT2D eigenvalue weighted by Crippen LogP contribution is 2.42. The van der Waals surface area contributed by atoms with Gasteiger partial charge in [-0.2, -0.15) is 0 Å². The fraction of sp³-hybridized carbons (Fsp3) is 0.290. The quantitative estimate of drug-likeness (QED) is 0.210. The van der Waals surface area contributed by atoms with Gasteiger partial charge >= 0.3 is 0 Å². The SMILES string of the molecule is CCOc1ccc([C@@H]2C(=C(O)c3ccc(OCc4cccc(C)c4)cc3)C(=O)C(=O)N2CCOC)cc1OC. The lowest BCUT2D eigenvalue weighted by molar-refractivity contribution is -0.140. The molecule has 0 spiro atoms. The zero-order chi connectivity index (χ0) is 27.9. The second kappa shape index (κ2) is 12.5. The fourth-order valence-corrected chi connectivity index (χ4v) is 4.61. The summed E-state index contributed by atoms with van der Waals surface area (Å²) in [4.78, 5) is 27.7. The number of carbonyl (C=O) groups is 2. The van der Waals surface area contributed by atoms with E-state index in [-0.39, 0.29) is 24.5 Å². The average Bonchev–Trinajstić information content (AvgIpc) is 3.20. The second-order valence-electron chi connectivity index (χ2n) is 9.13. The lowest BCUT2D eigenvalue weighted by Gasteiger charge is -2.25. The number of aryl methyl sites for hydroxylation is 1. The van der Waals surface area contributed by atoms with Gasteiger partial charge in [0.25, 0.3) is 11.7 Å². The number of hydrogen-bond acceptors (Lipinski definition) is 7. The van der Waals surface area contributed by atoms with Gasteiger partial charge in [-0.3, -0.25) is 9.59 Å². The molecule has 1 atom stereocenters. The maximum atomic E-state index is 13.2. The van der Waals surface area contributed by atoms with Gasteiger partial charge in [0.15, 0.2) is 11.5 Å². The number of aliphatic hydroxyl groups is 1. The number of Topliss-reactive ketones (excluding diaryl/α,β-unsaturated/α-hetero) is 1. The summed E-state index contributed by atoms with van der Waals surface area (Å²) in [5.74, 6) is -0.121. The standard InChI is InChI=1S/C31H33NO7/c1-5-38-25-14-11-23(18-26(25)37-4)28-27(30(34)31(35)32(28)15-16-36-3)29(33)22-9-12-24(13-10-22)39-19-21-8-6-7-20(2)17-21/h6-14,17-18,28,33H,5,15-16,19H2,1-4H3/t28-/m1/s1. The average molecular weight is 532 g/mol. The lowest BCUT2D eigenvalue weighted by atomic mass is 9.95. The first-order valence-electron chi connectivity index (χ1n) is 12.7. The minimum atomic E-state index is -0.832. The Balaban J connectivity index is 1.68. The number of nitrogens with zero attached hydrogens (tertiary/aromatic N) is 1. The summed E-state index contributed by atoms with van der Waals surface area (Å²) in [7, 11) is 3.04. The molecule has 1 N–H and O–H groups in total. The highest BCUT2D eigenvalue weighted by atomic mass is 16.5. The van der Waals surface area contributed by atoms with Gasteiger partial charge in [-0.25, -0.2) is 0 Å². The van der Waals surface area contributed by atoms with Crippen LogP contribution in [0, 0.1) is 6.92 Å². The number of methoxy groups -OCH3 is 2. The van der Waals surface area contributed by atoms with E-state index in [1.165, 1.54) is 19.1 Å². The van der Waals surface area contributed by atoms with Crippen LogP contribution < -0.4 is 14.2 Å². The van der Waals surface area contributed by atoms with Crippen molar-refractivity contribution in [3.05, 3.63) is 94.6 Å². The lowest BCUT2D eigenvalue weighted by Crippen LogP contribution is -2.32. The Morgan fingerprint density at radius 1 is 0.949 bits per heavy atom. The van der Waals surface area contributed by atoms with Gasteiger partial charge in [0.1, 0.15) is 18.1 Å². The number of ether oxygens (including phenoxy) is 4. The van der Waals surface area contributed by atoms with Gasteiger partial charge in [-0.05, 0) is 61.4 Å². The van der Waals surface area contributed by atoms with E-state index in [0.717, 1.165) is 11.1 Å². The van der Waals surface area contributed by atoms with Crippen molar-refractivity contribution >= 4 is 17.4 Å². The van der Waals surface area contributed by atoms with E-state index in [1.54, 1.807) is 42.5 Å². The van der Waals surface area contributed by atoms with Crippen LogP contribution in [0.4, 0.5) is 0 Å². The van der Waals surface area contributed by atoms with Gasteiger partial charge in [0.2, 0.25) is 0 Å². The number of ketones is 1. The van der Waals surface area contributed by atoms with Gasteiger partial charge in [-0.15, -0.1) is 0 Å². The number of amides is 1. The molecule has 1 aliphatic heterocycles. The van der Waals surface area contributed by atoms with Crippen LogP contribution in [-0.2, 0) is 20.9 Å². The van der Waals surface area contributed by atoms with Crippen molar-refractivity contribution in [2.24, 2.45) is 0 Å². The van der Waals surface area contributed by atoms with Crippen LogP contribution in [0.1, 0.15) is 35.2 Å². The normalized spacial score (nSPS) is 16.4. The molecule has 39 heavy (non-hydrogen) atoms. The molecule has 1 amide bonds. The Morgan fingerprint density at radius 2 is 1.72 bits per heavy atom. The zero-order valence-electron chi connectivity index (χ0n) is 22.6. The smallest absolute Gasteiger partial charge is 0.295 e. The van der Waals surface area contributed by atoms with E-state index in [1.807, 2.05) is 32.0 Å². The summed E-state index contributed by atoms with van der Waals surface area (Å²) in [6.07, 6.45) is 0. The third kappa shape index (κ3) is 6.07. The van der Waals surface area contributed by atoms with Crippen LogP contribution in [0.5, 0.6) is 17.2 Å². The van der Waals surface area contributed by atoms with Crippen molar-refractivity contribution in [2.45, 2.75) is 26.5 Å². The van der Waals surface area contributed by atoms with Crippen molar-refractivity contribution < 1.29 is 33.6 Å². The number of hydrogen-bond donors (Lipinski definition) is 1. The number of carbonyl (C=O) groups excluding carboxylic acids is 2. The van der Waals surface area contributed by atoms with Crippen molar-refractivity contribution in [1.82, 2.24) is 4.90 Å². The summed E-state index contributed by atoms with van der Waals surface area (Å²) < 4.78 is 22.2. The second-order valence-corrected chi connectivity index (χ2v) is 9.13.